The molecular formula is C11H12N4S. The average molecular weight is 232 g/mol. The smallest absolute Gasteiger partial charge is 0.125 e. The van der Waals surface area contributed by atoms with Crippen molar-refractivity contribution in [3.05, 3.63) is 36.2 Å². The molecule has 0 amide bonds. The summed E-state index contributed by atoms with van der Waals surface area (Å²) in [5.41, 5.74) is 13.8. The van der Waals surface area contributed by atoms with Gasteiger partial charge in [0.1, 0.15) is 10.1 Å². The molecule has 0 aliphatic carbocycles. The first-order valence-corrected chi connectivity index (χ1v) is 5.59. The normalized spacial score (nSPS) is 10.3. The van der Waals surface area contributed by atoms with Gasteiger partial charge in [0.15, 0.2) is 0 Å². The van der Waals surface area contributed by atoms with E-state index in [4.69, 9.17) is 11.5 Å². The van der Waals surface area contributed by atoms with Crippen molar-refractivity contribution in [3.63, 3.8) is 0 Å². The van der Waals surface area contributed by atoms with Crippen molar-refractivity contribution in [2.24, 2.45) is 0 Å². The first-order chi connectivity index (χ1) is 7.66. The summed E-state index contributed by atoms with van der Waals surface area (Å²) >= 11 is 1.45. The monoisotopic (exact) mass is 232 g/mol. The SMILES string of the molecule is Cc1cc(N)cnc1Sc1ncccc1N. The van der Waals surface area contributed by atoms with E-state index >= 15 is 0 Å². The Labute approximate surface area is 98.1 Å². The van der Waals surface area contributed by atoms with Crippen molar-refractivity contribution in [3.8, 4) is 0 Å². The largest absolute Gasteiger partial charge is 0.397 e. The molecule has 16 heavy (non-hydrogen) atoms. The molecule has 2 heterocycles. The third-order valence-corrected chi connectivity index (χ3v) is 3.20. The Morgan fingerprint density at radius 1 is 1.19 bits per heavy atom. The Kier molecular flexibility index (Phi) is 2.96. The molecule has 2 rings (SSSR count). The second kappa shape index (κ2) is 4.40. The van der Waals surface area contributed by atoms with Gasteiger partial charge in [0.2, 0.25) is 0 Å². The van der Waals surface area contributed by atoms with Gasteiger partial charge in [-0.25, -0.2) is 9.97 Å². The second-order valence-electron chi connectivity index (χ2n) is 3.39. The van der Waals surface area contributed by atoms with Crippen LogP contribution in [0.3, 0.4) is 0 Å². The van der Waals surface area contributed by atoms with Crippen molar-refractivity contribution >= 4 is 23.1 Å². The zero-order valence-electron chi connectivity index (χ0n) is 8.84. The lowest BCUT2D eigenvalue weighted by molar-refractivity contribution is 1.06. The number of pyridine rings is 2. The summed E-state index contributed by atoms with van der Waals surface area (Å²) < 4.78 is 0. The molecule has 0 aliphatic heterocycles. The maximum Gasteiger partial charge on any atom is 0.125 e. The van der Waals surface area contributed by atoms with E-state index in [1.165, 1.54) is 11.8 Å². The summed E-state index contributed by atoms with van der Waals surface area (Å²) in [6.07, 6.45) is 3.35. The molecule has 4 nitrogen and oxygen atoms in total. The van der Waals surface area contributed by atoms with Crippen LogP contribution < -0.4 is 11.5 Å². The summed E-state index contributed by atoms with van der Waals surface area (Å²) in [4.78, 5) is 8.46. The van der Waals surface area contributed by atoms with Crippen LogP contribution in [0.2, 0.25) is 0 Å². The van der Waals surface area contributed by atoms with E-state index < -0.39 is 0 Å². The lowest BCUT2D eigenvalue weighted by Gasteiger charge is -2.06. The number of rotatable bonds is 2. The molecule has 4 N–H and O–H groups in total. The van der Waals surface area contributed by atoms with Crippen LogP contribution in [0, 0.1) is 6.92 Å². The highest BCUT2D eigenvalue weighted by Crippen LogP contribution is 2.30. The van der Waals surface area contributed by atoms with Gasteiger partial charge >= 0.3 is 0 Å². The number of nitrogens with two attached hydrogens (primary N) is 2. The molecule has 0 aliphatic rings. The minimum atomic E-state index is 0.658. The fourth-order valence-electron chi connectivity index (χ4n) is 1.27. The zero-order valence-corrected chi connectivity index (χ0v) is 9.66. The lowest BCUT2D eigenvalue weighted by atomic mass is 10.3. The van der Waals surface area contributed by atoms with Crippen LogP contribution in [-0.4, -0.2) is 9.97 Å². The summed E-state index contributed by atoms with van der Waals surface area (Å²) in [6.45, 7) is 1.96. The number of nitrogen functional groups attached to an aromatic ring is 2. The Balaban J connectivity index is 2.31. The Morgan fingerprint density at radius 2 is 2.00 bits per heavy atom. The van der Waals surface area contributed by atoms with Gasteiger partial charge in [0, 0.05) is 6.20 Å². The zero-order chi connectivity index (χ0) is 11.5. The van der Waals surface area contributed by atoms with Crippen LogP contribution in [0.5, 0.6) is 0 Å². The minimum absolute atomic E-state index is 0.658. The summed E-state index contributed by atoms with van der Waals surface area (Å²) in [5, 5.41) is 1.64. The second-order valence-corrected chi connectivity index (χ2v) is 4.37. The predicted octanol–water partition coefficient (Wildman–Crippen LogP) is 2.10. The molecule has 2 aromatic rings. The molecule has 0 bridgehead atoms. The van der Waals surface area contributed by atoms with Gasteiger partial charge < -0.3 is 11.5 Å². The van der Waals surface area contributed by atoms with E-state index in [-0.39, 0.29) is 0 Å². The molecule has 2 aromatic heterocycles. The molecule has 0 aromatic carbocycles. The first-order valence-electron chi connectivity index (χ1n) is 4.77. The molecule has 0 fully saturated rings. The third kappa shape index (κ3) is 2.25. The molecular weight excluding hydrogens is 220 g/mol. The van der Waals surface area contributed by atoms with Crippen molar-refractivity contribution in [1.82, 2.24) is 9.97 Å². The lowest BCUT2D eigenvalue weighted by Crippen LogP contribution is -1.94. The average Bonchev–Trinajstić information content (AvgIpc) is 2.25. The van der Waals surface area contributed by atoms with Gasteiger partial charge in [-0.05, 0) is 42.4 Å². The highest BCUT2D eigenvalue weighted by Gasteiger charge is 2.06. The van der Waals surface area contributed by atoms with Crippen LogP contribution in [-0.2, 0) is 0 Å². The van der Waals surface area contributed by atoms with Gasteiger partial charge in [0.25, 0.3) is 0 Å². The summed E-state index contributed by atoms with van der Waals surface area (Å²) in [6, 6.07) is 5.51. The Morgan fingerprint density at radius 3 is 2.69 bits per heavy atom. The highest BCUT2D eigenvalue weighted by molar-refractivity contribution is 7.99. The number of aromatic nitrogens is 2. The van der Waals surface area contributed by atoms with E-state index in [1.807, 2.05) is 25.1 Å². The molecule has 0 unspecified atom stereocenters. The van der Waals surface area contributed by atoms with Gasteiger partial charge in [-0.3, -0.25) is 0 Å². The van der Waals surface area contributed by atoms with E-state index in [0.29, 0.717) is 11.4 Å². The quantitative estimate of drug-likeness (QED) is 0.829. The van der Waals surface area contributed by atoms with Crippen LogP contribution in [0.1, 0.15) is 5.56 Å². The van der Waals surface area contributed by atoms with Crippen LogP contribution in [0.15, 0.2) is 40.6 Å². The first kappa shape index (κ1) is 10.8. The topological polar surface area (TPSA) is 77.8 Å². The maximum absolute atomic E-state index is 5.81. The fourth-order valence-corrected chi connectivity index (χ4v) is 2.08. The van der Waals surface area contributed by atoms with Gasteiger partial charge in [-0.2, -0.15) is 0 Å². The molecule has 82 valence electrons. The van der Waals surface area contributed by atoms with Crippen LogP contribution in [0.25, 0.3) is 0 Å². The van der Waals surface area contributed by atoms with Gasteiger partial charge in [-0.1, -0.05) is 0 Å². The van der Waals surface area contributed by atoms with E-state index in [2.05, 4.69) is 9.97 Å². The standard InChI is InChI=1S/C11H12N4S/c1-7-5-8(12)6-15-10(7)16-11-9(13)3-2-4-14-11/h2-6H,12-13H2,1H3. The number of nitrogens with zero attached hydrogens (tertiary/aromatic N) is 2. The number of hydrogen-bond acceptors (Lipinski definition) is 5. The number of anilines is 2. The third-order valence-electron chi connectivity index (χ3n) is 2.05. The van der Waals surface area contributed by atoms with Gasteiger partial charge in [-0.15, -0.1) is 0 Å². The molecule has 0 saturated carbocycles. The molecule has 0 spiro atoms. The maximum atomic E-state index is 5.81. The van der Waals surface area contributed by atoms with Gasteiger partial charge in [0.05, 0.1) is 17.6 Å². The highest BCUT2D eigenvalue weighted by atomic mass is 32.2. The molecule has 0 atom stereocenters. The van der Waals surface area contributed by atoms with Crippen LogP contribution >= 0.6 is 11.8 Å². The Bertz CT molecular complexity index is 513. The fraction of sp³-hybridized carbons (Fsp3) is 0.0909. The van der Waals surface area contributed by atoms with Crippen molar-refractivity contribution < 1.29 is 0 Å². The Hall–Kier alpha value is -1.75. The molecule has 0 saturated heterocycles. The molecule has 0 radical (unpaired) electrons. The number of hydrogen-bond donors (Lipinski definition) is 2. The van der Waals surface area contributed by atoms with Crippen molar-refractivity contribution in [2.45, 2.75) is 17.0 Å². The minimum Gasteiger partial charge on any atom is -0.397 e. The predicted molar refractivity (Wildman–Crippen MR) is 66.2 cm³/mol. The van der Waals surface area contributed by atoms with E-state index in [0.717, 1.165) is 15.6 Å². The van der Waals surface area contributed by atoms with E-state index in [1.54, 1.807) is 12.4 Å². The number of aryl methyl sites for hydroxylation is 1. The summed E-state index contributed by atoms with van der Waals surface area (Å²) in [7, 11) is 0. The van der Waals surface area contributed by atoms with Crippen molar-refractivity contribution in [2.75, 3.05) is 11.5 Å². The summed E-state index contributed by atoms with van der Waals surface area (Å²) in [5.74, 6) is 0. The van der Waals surface area contributed by atoms with E-state index in [9.17, 15) is 0 Å². The van der Waals surface area contributed by atoms with Crippen molar-refractivity contribution in [1.29, 1.82) is 0 Å². The van der Waals surface area contributed by atoms with Crippen LogP contribution in [0.4, 0.5) is 11.4 Å². The molecule has 5 heteroatoms.